The van der Waals surface area contributed by atoms with Crippen LogP contribution in [0.2, 0.25) is 0 Å². The summed E-state index contributed by atoms with van der Waals surface area (Å²) in [7, 11) is 0. The molecule has 7 heteroatoms. The van der Waals surface area contributed by atoms with Crippen molar-refractivity contribution in [1.29, 1.82) is 0 Å². The number of nitrogen functional groups attached to an aromatic ring is 1. The summed E-state index contributed by atoms with van der Waals surface area (Å²) >= 11 is 1.39. The van der Waals surface area contributed by atoms with Gasteiger partial charge in [0, 0.05) is 24.5 Å². The molecule has 1 amide bonds. The first kappa shape index (κ1) is 13.4. The van der Waals surface area contributed by atoms with Crippen molar-refractivity contribution < 1.29 is 15.0 Å². The Kier molecular flexibility index (Phi) is 3.98. The summed E-state index contributed by atoms with van der Waals surface area (Å²) in [6.07, 6.45) is -1.37. The third kappa shape index (κ3) is 2.70. The number of thiophene rings is 1. The van der Waals surface area contributed by atoms with Gasteiger partial charge in [0.2, 0.25) is 0 Å². The van der Waals surface area contributed by atoms with E-state index in [0.29, 0.717) is 24.5 Å². The average molecular weight is 271 g/mol. The first-order valence-electron chi connectivity index (χ1n) is 5.70. The Balaban J connectivity index is 2.06. The summed E-state index contributed by atoms with van der Waals surface area (Å²) in [6.45, 7) is 3.47. The molecule has 100 valence electrons. The van der Waals surface area contributed by atoms with Crippen LogP contribution in [0.1, 0.15) is 20.1 Å². The highest BCUT2D eigenvalue weighted by molar-refractivity contribution is 7.14. The van der Waals surface area contributed by atoms with Crippen LogP contribution in [0.5, 0.6) is 0 Å². The molecule has 5 N–H and O–H groups in total. The van der Waals surface area contributed by atoms with Crippen LogP contribution in [0.15, 0.2) is 6.07 Å². The number of β-amino-alcohol motifs (C(OH)–C–C–N with tert-alkyl or cyclic N) is 2. The molecule has 2 unspecified atom stereocenters. The number of carbonyl (C=O) groups excluding carboxylic acids is 1. The first-order valence-corrected chi connectivity index (χ1v) is 6.51. The lowest BCUT2D eigenvalue weighted by atomic mass is 10.2. The van der Waals surface area contributed by atoms with Gasteiger partial charge in [-0.25, -0.2) is 5.84 Å². The predicted octanol–water partition coefficient (Wildman–Crippen LogP) is -0.803. The van der Waals surface area contributed by atoms with E-state index >= 15 is 0 Å². The molecule has 6 nitrogen and oxygen atoms in total. The molecular formula is C11H17N3O3S. The molecule has 2 atom stereocenters. The molecular weight excluding hydrogens is 254 g/mol. The van der Waals surface area contributed by atoms with Gasteiger partial charge >= 0.3 is 0 Å². The van der Waals surface area contributed by atoms with E-state index in [2.05, 4.69) is 5.43 Å². The maximum absolute atomic E-state index is 11.4. The largest absolute Gasteiger partial charge is 0.389 e. The number of hydrazine groups is 1. The van der Waals surface area contributed by atoms with Crippen molar-refractivity contribution in [3.05, 3.63) is 21.4 Å². The topological polar surface area (TPSA) is 98.8 Å². The molecule has 1 saturated heterocycles. The van der Waals surface area contributed by atoms with Gasteiger partial charge in [-0.2, -0.15) is 0 Å². The number of nitrogens with one attached hydrogen (secondary N) is 1. The zero-order chi connectivity index (χ0) is 13.3. The van der Waals surface area contributed by atoms with E-state index in [9.17, 15) is 15.0 Å². The number of hydrogen-bond acceptors (Lipinski definition) is 6. The van der Waals surface area contributed by atoms with E-state index in [-0.39, 0.29) is 5.91 Å². The zero-order valence-corrected chi connectivity index (χ0v) is 10.9. The van der Waals surface area contributed by atoms with E-state index < -0.39 is 12.2 Å². The molecule has 2 heterocycles. The number of likely N-dealkylation sites (tertiary alicyclic amines) is 1. The Hall–Kier alpha value is -0.990. The second kappa shape index (κ2) is 5.33. The highest BCUT2D eigenvalue weighted by Gasteiger charge is 2.29. The van der Waals surface area contributed by atoms with Crippen molar-refractivity contribution >= 4 is 17.2 Å². The van der Waals surface area contributed by atoms with Gasteiger partial charge in [-0.15, -0.1) is 11.3 Å². The van der Waals surface area contributed by atoms with Crippen molar-refractivity contribution in [3.63, 3.8) is 0 Å². The SMILES string of the molecule is Cc1sc(C(=O)NN)cc1CN1CC(O)C(O)C1. The summed E-state index contributed by atoms with van der Waals surface area (Å²) in [6, 6.07) is 1.80. The highest BCUT2D eigenvalue weighted by atomic mass is 32.1. The van der Waals surface area contributed by atoms with E-state index in [4.69, 9.17) is 5.84 Å². The van der Waals surface area contributed by atoms with Gasteiger partial charge in [-0.1, -0.05) is 0 Å². The Morgan fingerprint density at radius 1 is 1.56 bits per heavy atom. The van der Waals surface area contributed by atoms with E-state index in [1.54, 1.807) is 6.07 Å². The fourth-order valence-corrected chi connectivity index (χ4v) is 3.01. The number of aliphatic hydroxyl groups is 2. The fraction of sp³-hybridized carbons (Fsp3) is 0.545. The van der Waals surface area contributed by atoms with Crippen LogP contribution in [0, 0.1) is 6.92 Å². The third-order valence-electron chi connectivity index (χ3n) is 3.10. The van der Waals surface area contributed by atoms with E-state index in [1.165, 1.54) is 11.3 Å². The number of amides is 1. The minimum Gasteiger partial charge on any atom is -0.389 e. The van der Waals surface area contributed by atoms with Gasteiger partial charge in [0.1, 0.15) is 0 Å². The molecule has 0 spiro atoms. The molecule has 18 heavy (non-hydrogen) atoms. The second-order valence-electron chi connectivity index (χ2n) is 4.49. The number of rotatable bonds is 3. The molecule has 0 aliphatic carbocycles. The monoisotopic (exact) mass is 271 g/mol. The summed E-state index contributed by atoms with van der Waals surface area (Å²) in [5.74, 6) is 4.80. The van der Waals surface area contributed by atoms with Crippen LogP contribution in [0.25, 0.3) is 0 Å². The molecule has 1 aliphatic heterocycles. The molecule has 1 fully saturated rings. The quantitative estimate of drug-likeness (QED) is 0.328. The summed E-state index contributed by atoms with van der Waals surface area (Å²) < 4.78 is 0. The smallest absolute Gasteiger partial charge is 0.275 e. The van der Waals surface area contributed by atoms with Gasteiger partial charge in [-0.05, 0) is 18.6 Å². The van der Waals surface area contributed by atoms with Gasteiger partial charge in [0.05, 0.1) is 17.1 Å². The van der Waals surface area contributed by atoms with E-state index in [1.807, 2.05) is 11.8 Å². The van der Waals surface area contributed by atoms with Gasteiger partial charge in [0.25, 0.3) is 5.91 Å². The molecule has 0 aromatic carbocycles. The number of hydrogen-bond donors (Lipinski definition) is 4. The lowest BCUT2D eigenvalue weighted by Crippen LogP contribution is -2.29. The number of carbonyl (C=O) groups is 1. The zero-order valence-electron chi connectivity index (χ0n) is 10.1. The van der Waals surface area contributed by atoms with Gasteiger partial charge < -0.3 is 10.2 Å². The minimum absolute atomic E-state index is 0.296. The molecule has 1 aliphatic rings. The van der Waals surface area contributed by atoms with Crippen LogP contribution in [0.3, 0.4) is 0 Å². The molecule has 0 radical (unpaired) electrons. The first-order chi connectivity index (χ1) is 8.51. The minimum atomic E-state index is -0.684. The van der Waals surface area contributed by atoms with Gasteiger partial charge in [0.15, 0.2) is 0 Å². The maximum Gasteiger partial charge on any atom is 0.275 e. The Morgan fingerprint density at radius 2 is 2.17 bits per heavy atom. The van der Waals surface area contributed by atoms with Crippen molar-refractivity contribution in [2.24, 2.45) is 5.84 Å². The van der Waals surface area contributed by atoms with Crippen molar-refractivity contribution in [2.75, 3.05) is 13.1 Å². The fourth-order valence-electron chi connectivity index (χ4n) is 2.08. The Bertz CT molecular complexity index is 439. The van der Waals surface area contributed by atoms with Crippen LogP contribution in [-0.2, 0) is 6.54 Å². The average Bonchev–Trinajstić information content (AvgIpc) is 2.83. The van der Waals surface area contributed by atoms with Crippen LogP contribution in [0.4, 0.5) is 0 Å². The molecule has 1 aromatic rings. The van der Waals surface area contributed by atoms with Crippen LogP contribution < -0.4 is 11.3 Å². The van der Waals surface area contributed by atoms with Gasteiger partial charge in [-0.3, -0.25) is 15.1 Å². The van der Waals surface area contributed by atoms with Crippen molar-refractivity contribution in [2.45, 2.75) is 25.7 Å². The van der Waals surface area contributed by atoms with Crippen molar-refractivity contribution in [3.8, 4) is 0 Å². The lowest BCUT2D eigenvalue weighted by molar-refractivity contribution is 0.0572. The summed E-state index contributed by atoms with van der Waals surface area (Å²) in [5, 5.41) is 19.0. The van der Waals surface area contributed by atoms with Crippen LogP contribution >= 0.6 is 11.3 Å². The highest BCUT2D eigenvalue weighted by Crippen LogP contribution is 2.24. The molecule has 1 aromatic heterocycles. The predicted molar refractivity (Wildman–Crippen MR) is 68.0 cm³/mol. The Labute approximate surface area is 109 Å². The normalized spacial score (nSPS) is 24.4. The number of nitrogens with two attached hydrogens (primary N) is 1. The maximum atomic E-state index is 11.4. The number of nitrogens with zero attached hydrogens (tertiary/aromatic N) is 1. The molecule has 2 rings (SSSR count). The summed E-state index contributed by atoms with van der Waals surface area (Å²) in [4.78, 5) is 15.0. The van der Waals surface area contributed by atoms with Crippen LogP contribution in [-0.4, -0.2) is 46.3 Å². The second-order valence-corrected chi connectivity index (χ2v) is 5.75. The molecule has 0 saturated carbocycles. The third-order valence-corrected chi connectivity index (χ3v) is 4.20. The Morgan fingerprint density at radius 3 is 2.72 bits per heavy atom. The molecule has 0 bridgehead atoms. The standard InChI is InChI=1S/C11H17N3O3S/c1-6-7(2-10(18-6)11(17)13-12)3-14-4-8(15)9(16)5-14/h2,8-9,15-16H,3-5,12H2,1H3,(H,13,17). The van der Waals surface area contributed by atoms with E-state index in [0.717, 1.165) is 10.4 Å². The number of aryl methyl sites for hydroxylation is 1. The number of aliphatic hydroxyl groups excluding tert-OH is 2. The van der Waals surface area contributed by atoms with Crippen molar-refractivity contribution in [1.82, 2.24) is 10.3 Å². The lowest BCUT2D eigenvalue weighted by Gasteiger charge is -2.14. The summed E-state index contributed by atoms with van der Waals surface area (Å²) in [5.41, 5.74) is 3.14.